The van der Waals surface area contributed by atoms with Gasteiger partial charge in [-0.05, 0) is 25.0 Å². The van der Waals surface area contributed by atoms with Crippen molar-refractivity contribution in [3.63, 3.8) is 0 Å². The van der Waals surface area contributed by atoms with Crippen molar-refractivity contribution in [2.75, 3.05) is 5.73 Å². The molecule has 0 spiro atoms. The summed E-state index contributed by atoms with van der Waals surface area (Å²) in [6.45, 7) is 3.85. The number of pyridine rings is 1. The highest BCUT2D eigenvalue weighted by Gasteiger charge is 2.11. The molecule has 0 atom stereocenters. The molecule has 1 aromatic rings. The first kappa shape index (κ1) is 9.71. The normalized spacial score (nSPS) is 10.0. The third-order valence-electron chi connectivity index (χ3n) is 1.94. The van der Waals surface area contributed by atoms with Crippen LogP contribution in [0.4, 0.5) is 5.82 Å². The Labute approximate surface area is 78.0 Å². The Bertz CT molecular complexity index is 300. The van der Waals surface area contributed by atoms with E-state index < -0.39 is 0 Å². The van der Waals surface area contributed by atoms with Gasteiger partial charge in [-0.15, -0.1) is 0 Å². The lowest BCUT2D eigenvalue weighted by Gasteiger charge is -2.05. The van der Waals surface area contributed by atoms with Crippen LogP contribution in [0, 0.1) is 6.92 Å². The summed E-state index contributed by atoms with van der Waals surface area (Å²) in [7, 11) is 0. The summed E-state index contributed by atoms with van der Waals surface area (Å²) in [6, 6.07) is 1.80. The smallest absolute Gasteiger partial charge is 0.166 e. The highest BCUT2D eigenvalue weighted by molar-refractivity contribution is 6.01. The van der Waals surface area contributed by atoms with Crippen LogP contribution in [0.15, 0.2) is 12.3 Å². The lowest BCUT2D eigenvalue weighted by atomic mass is 10.0. The summed E-state index contributed by atoms with van der Waals surface area (Å²) in [5.74, 6) is 0.434. The van der Waals surface area contributed by atoms with Gasteiger partial charge in [0.2, 0.25) is 0 Å². The second kappa shape index (κ2) is 4.03. The minimum Gasteiger partial charge on any atom is -0.383 e. The fraction of sp³-hybridized carbons (Fsp3) is 0.400. The van der Waals surface area contributed by atoms with Crippen molar-refractivity contribution in [1.82, 2.24) is 4.98 Å². The van der Waals surface area contributed by atoms with Crippen molar-refractivity contribution >= 4 is 11.6 Å². The molecule has 1 aromatic heterocycles. The van der Waals surface area contributed by atoms with Crippen molar-refractivity contribution in [2.45, 2.75) is 26.7 Å². The van der Waals surface area contributed by atoms with Crippen LogP contribution < -0.4 is 5.73 Å². The van der Waals surface area contributed by atoms with E-state index >= 15 is 0 Å². The van der Waals surface area contributed by atoms with Gasteiger partial charge in [-0.3, -0.25) is 4.79 Å². The number of carbonyl (C=O) groups is 1. The Morgan fingerprint density at radius 1 is 1.62 bits per heavy atom. The Kier molecular flexibility index (Phi) is 3.01. The Hall–Kier alpha value is -1.38. The highest BCUT2D eigenvalue weighted by Crippen LogP contribution is 2.16. The molecule has 2 N–H and O–H groups in total. The van der Waals surface area contributed by atoms with Gasteiger partial charge in [0.05, 0.1) is 5.56 Å². The summed E-state index contributed by atoms with van der Waals surface area (Å²) in [4.78, 5) is 15.5. The van der Waals surface area contributed by atoms with Crippen molar-refractivity contribution in [3.8, 4) is 0 Å². The van der Waals surface area contributed by atoms with E-state index in [-0.39, 0.29) is 5.78 Å². The van der Waals surface area contributed by atoms with Crippen LogP contribution in [0.1, 0.15) is 35.7 Å². The molecule has 0 amide bonds. The minimum absolute atomic E-state index is 0.0885. The van der Waals surface area contributed by atoms with Crippen molar-refractivity contribution in [1.29, 1.82) is 0 Å². The van der Waals surface area contributed by atoms with Gasteiger partial charge < -0.3 is 5.73 Å². The van der Waals surface area contributed by atoms with E-state index in [1.165, 1.54) is 0 Å². The standard InChI is InChI=1S/C10H14N2O/c1-3-4-8(13)9-7(2)5-6-12-10(9)11/h5-6H,3-4H2,1-2H3,(H2,11,12). The molecule has 0 aliphatic heterocycles. The average molecular weight is 178 g/mol. The molecule has 3 nitrogen and oxygen atoms in total. The lowest BCUT2D eigenvalue weighted by molar-refractivity contribution is 0.0982. The van der Waals surface area contributed by atoms with Gasteiger partial charge >= 0.3 is 0 Å². The van der Waals surface area contributed by atoms with Gasteiger partial charge in [0.15, 0.2) is 5.78 Å². The lowest BCUT2D eigenvalue weighted by Crippen LogP contribution is -2.07. The van der Waals surface area contributed by atoms with Gasteiger partial charge in [-0.25, -0.2) is 4.98 Å². The largest absolute Gasteiger partial charge is 0.383 e. The zero-order chi connectivity index (χ0) is 9.84. The van der Waals surface area contributed by atoms with E-state index in [0.29, 0.717) is 17.8 Å². The molecule has 3 heteroatoms. The summed E-state index contributed by atoms with van der Waals surface area (Å²) >= 11 is 0. The van der Waals surface area contributed by atoms with Gasteiger partial charge in [-0.2, -0.15) is 0 Å². The van der Waals surface area contributed by atoms with Crippen molar-refractivity contribution in [2.24, 2.45) is 0 Å². The molecule has 0 saturated carbocycles. The number of aromatic nitrogens is 1. The fourth-order valence-corrected chi connectivity index (χ4v) is 1.29. The van der Waals surface area contributed by atoms with Crippen LogP contribution in [0.2, 0.25) is 0 Å². The topological polar surface area (TPSA) is 56.0 Å². The van der Waals surface area contributed by atoms with E-state index in [1.807, 2.05) is 13.8 Å². The number of anilines is 1. The number of nitrogen functional groups attached to an aromatic ring is 1. The number of nitrogens with two attached hydrogens (primary N) is 1. The molecule has 13 heavy (non-hydrogen) atoms. The van der Waals surface area contributed by atoms with E-state index in [2.05, 4.69) is 4.98 Å². The Morgan fingerprint density at radius 2 is 2.31 bits per heavy atom. The molecule has 0 saturated heterocycles. The maximum atomic E-state index is 11.6. The third-order valence-corrected chi connectivity index (χ3v) is 1.94. The number of carbonyl (C=O) groups excluding carboxylic acids is 1. The molecule has 0 aliphatic carbocycles. The number of rotatable bonds is 3. The number of hydrogen-bond acceptors (Lipinski definition) is 3. The summed E-state index contributed by atoms with van der Waals surface area (Å²) in [6.07, 6.45) is 3.00. The maximum absolute atomic E-state index is 11.6. The Morgan fingerprint density at radius 3 is 2.85 bits per heavy atom. The molecule has 1 heterocycles. The summed E-state index contributed by atoms with van der Waals surface area (Å²) in [5, 5.41) is 0. The molecule has 0 unspecified atom stereocenters. The molecule has 0 radical (unpaired) electrons. The Balaban J connectivity index is 3.05. The van der Waals surface area contributed by atoms with E-state index in [9.17, 15) is 4.79 Å². The molecule has 0 aliphatic rings. The van der Waals surface area contributed by atoms with Crippen molar-refractivity contribution in [3.05, 3.63) is 23.4 Å². The second-order valence-corrected chi connectivity index (χ2v) is 3.06. The third kappa shape index (κ3) is 2.05. The predicted octanol–water partition coefficient (Wildman–Crippen LogP) is 1.96. The van der Waals surface area contributed by atoms with Crippen LogP contribution in [-0.2, 0) is 0 Å². The fourth-order valence-electron chi connectivity index (χ4n) is 1.29. The van der Waals surface area contributed by atoms with Crippen LogP contribution in [0.5, 0.6) is 0 Å². The molecule has 70 valence electrons. The first-order chi connectivity index (χ1) is 6.16. The van der Waals surface area contributed by atoms with E-state index in [1.54, 1.807) is 12.3 Å². The predicted molar refractivity (Wildman–Crippen MR) is 52.6 cm³/mol. The van der Waals surface area contributed by atoms with Gasteiger partial charge in [0.25, 0.3) is 0 Å². The number of ketones is 1. The number of nitrogens with zero attached hydrogens (tertiary/aromatic N) is 1. The van der Waals surface area contributed by atoms with Crippen LogP contribution >= 0.6 is 0 Å². The zero-order valence-electron chi connectivity index (χ0n) is 8.00. The SMILES string of the molecule is CCCC(=O)c1c(C)ccnc1N. The van der Waals surface area contributed by atoms with Crippen LogP contribution in [0.3, 0.4) is 0 Å². The van der Waals surface area contributed by atoms with E-state index in [4.69, 9.17) is 5.73 Å². The first-order valence-corrected chi connectivity index (χ1v) is 4.41. The molecule has 0 aromatic carbocycles. The zero-order valence-corrected chi connectivity index (χ0v) is 8.00. The quantitative estimate of drug-likeness (QED) is 0.720. The molecule has 0 bridgehead atoms. The maximum Gasteiger partial charge on any atom is 0.166 e. The number of Topliss-reactive ketones (excluding diaryl/α,β-unsaturated/α-hetero) is 1. The molecule has 0 fully saturated rings. The van der Waals surface area contributed by atoms with Crippen molar-refractivity contribution < 1.29 is 4.79 Å². The summed E-state index contributed by atoms with van der Waals surface area (Å²) < 4.78 is 0. The number of hydrogen-bond donors (Lipinski definition) is 1. The van der Waals surface area contributed by atoms with Gasteiger partial charge in [0.1, 0.15) is 5.82 Å². The summed E-state index contributed by atoms with van der Waals surface area (Å²) in [5.41, 5.74) is 7.12. The minimum atomic E-state index is 0.0885. The average Bonchev–Trinajstić information content (AvgIpc) is 2.04. The molecular formula is C10H14N2O. The molecular weight excluding hydrogens is 164 g/mol. The van der Waals surface area contributed by atoms with Gasteiger partial charge in [0, 0.05) is 12.6 Å². The molecule has 1 rings (SSSR count). The number of aryl methyl sites for hydroxylation is 1. The monoisotopic (exact) mass is 178 g/mol. The van der Waals surface area contributed by atoms with Gasteiger partial charge in [-0.1, -0.05) is 6.92 Å². The van der Waals surface area contributed by atoms with Crippen LogP contribution in [-0.4, -0.2) is 10.8 Å². The van der Waals surface area contributed by atoms with Crippen LogP contribution in [0.25, 0.3) is 0 Å². The van der Waals surface area contributed by atoms with E-state index in [0.717, 1.165) is 12.0 Å². The first-order valence-electron chi connectivity index (χ1n) is 4.41. The second-order valence-electron chi connectivity index (χ2n) is 3.06. The highest BCUT2D eigenvalue weighted by atomic mass is 16.1.